The smallest absolute Gasteiger partial charge is 0.289 e. The summed E-state index contributed by atoms with van der Waals surface area (Å²) >= 11 is 0. The Morgan fingerprint density at radius 1 is 1.53 bits per heavy atom. The lowest BCUT2D eigenvalue weighted by atomic mass is 10.1. The van der Waals surface area contributed by atoms with Gasteiger partial charge in [0.15, 0.2) is 5.76 Å². The minimum Gasteiger partial charge on any atom is -0.459 e. The number of furan rings is 1. The fraction of sp³-hybridized carbons (Fsp3) is 0.462. The topological polar surface area (TPSA) is 64.2 Å². The highest BCUT2D eigenvalue weighted by Gasteiger charge is 2.28. The summed E-state index contributed by atoms with van der Waals surface area (Å²) in [6.07, 6.45) is 6.77. The molecule has 0 N–H and O–H groups in total. The highest BCUT2D eigenvalue weighted by molar-refractivity contribution is 5.92. The molecule has 0 aliphatic carbocycles. The van der Waals surface area contributed by atoms with Crippen LogP contribution in [0.15, 0.2) is 29.4 Å². The quantitative estimate of drug-likeness (QED) is 0.823. The van der Waals surface area contributed by atoms with E-state index in [-0.39, 0.29) is 11.9 Å². The molecular weight excluding hydrogens is 244 g/mol. The Morgan fingerprint density at radius 3 is 3.11 bits per heavy atom. The Labute approximate surface area is 111 Å². The van der Waals surface area contributed by atoms with E-state index in [0.717, 1.165) is 24.9 Å². The van der Waals surface area contributed by atoms with Crippen LogP contribution in [-0.4, -0.2) is 38.7 Å². The fourth-order valence-electron chi connectivity index (χ4n) is 2.50. The first-order chi connectivity index (χ1) is 9.25. The van der Waals surface area contributed by atoms with E-state index in [1.54, 1.807) is 12.6 Å². The highest BCUT2D eigenvalue weighted by Crippen LogP contribution is 2.22. The molecule has 1 amide bonds. The summed E-state index contributed by atoms with van der Waals surface area (Å²) in [6, 6.07) is 2.02. The third-order valence-corrected chi connectivity index (χ3v) is 3.55. The van der Waals surface area contributed by atoms with Crippen molar-refractivity contribution in [1.29, 1.82) is 0 Å². The van der Waals surface area contributed by atoms with Crippen LogP contribution >= 0.6 is 0 Å². The van der Waals surface area contributed by atoms with Gasteiger partial charge < -0.3 is 9.32 Å². The Morgan fingerprint density at radius 2 is 2.42 bits per heavy atom. The molecule has 1 aliphatic heterocycles. The van der Waals surface area contributed by atoms with Crippen LogP contribution in [0, 0.1) is 6.92 Å². The summed E-state index contributed by atoms with van der Waals surface area (Å²) in [7, 11) is 0. The van der Waals surface area contributed by atoms with Crippen LogP contribution in [0.5, 0.6) is 0 Å². The molecule has 1 unspecified atom stereocenters. The average molecular weight is 260 g/mol. The number of hydrogen-bond acceptors (Lipinski definition) is 4. The molecule has 3 rings (SSSR count). The van der Waals surface area contributed by atoms with Crippen LogP contribution in [0.3, 0.4) is 0 Å². The summed E-state index contributed by atoms with van der Waals surface area (Å²) < 4.78 is 7.11. The lowest BCUT2D eigenvalue weighted by Crippen LogP contribution is -2.40. The molecule has 1 aliphatic rings. The monoisotopic (exact) mass is 260 g/mol. The van der Waals surface area contributed by atoms with Crippen LogP contribution in [0.2, 0.25) is 0 Å². The van der Waals surface area contributed by atoms with Crippen molar-refractivity contribution in [2.75, 3.05) is 13.1 Å². The minimum absolute atomic E-state index is 0.0349. The van der Waals surface area contributed by atoms with Gasteiger partial charge in [-0.05, 0) is 25.8 Å². The molecule has 19 heavy (non-hydrogen) atoms. The number of piperidine rings is 1. The lowest BCUT2D eigenvalue weighted by Gasteiger charge is -2.32. The SMILES string of the molecule is Cc1ccoc1C(=O)N1CCCC(n2cncn2)C1. The Hall–Kier alpha value is -2.11. The van der Waals surface area contributed by atoms with Crippen molar-refractivity contribution in [3.63, 3.8) is 0 Å². The first-order valence-corrected chi connectivity index (χ1v) is 6.43. The van der Waals surface area contributed by atoms with Gasteiger partial charge >= 0.3 is 0 Å². The number of nitrogens with zero attached hydrogens (tertiary/aromatic N) is 4. The first kappa shape index (κ1) is 12.0. The number of carbonyl (C=O) groups is 1. The first-order valence-electron chi connectivity index (χ1n) is 6.43. The number of likely N-dealkylation sites (tertiary alicyclic amines) is 1. The van der Waals surface area contributed by atoms with Crippen molar-refractivity contribution in [3.05, 3.63) is 36.3 Å². The van der Waals surface area contributed by atoms with Crippen molar-refractivity contribution >= 4 is 5.91 Å². The lowest BCUT2D eigenvalue weighted by molar-refractivity contribution is 0.0640. The molecule has 2 aromatic heterocycles. The van der Waals surface area contributed by atoms with E-state index in [0.29, 0.717) is 12.3 Å². The van der Waals surface area contributed by atoms with Gasteiger partial charge in [-0.25, -0.2) is 9.67 Å². The number of carbonyl (C=O) groups excluding carboxylic acids is 1. The normalized spacial score (nSPS) is 19.6. The van der Waals surface area contributed by atoms with E-state index in [4.69, 9.17) is 4.42 Å². The summed E-state index contributed by atoms with van der Waals surface area (Å²) in [6.45, 7) is 3.31. The van der Waals surface area contributed by atoms with Crippen LogP contribution < -0.4 is 0 Å². The number of amides is 1. The van der Waals surface area contributed by atoms with Crippen molar-refractivity contribution in [2.24, 2.45) is 0 Å². The van der Waals surface area contributed by atoms with Crippen LogP contribution in [-0.2, 0) is 0 Å². The van der Waals surface area contributed by atoms with Gasteiger partial charge in [0.25, 0.3) is 5.91 Å². The maximum absolute atomic E-state index is 12.4. The highest BCUT2D eigenvalue weighted by atomic mass is 16.3. The van der Waals surface area contributed by atoms with Crippen LogP contribution in [0.1, 0.15) is 35.0 Å². The molecule has 1 saturated heterocycles. The van der Waals surface area contributed by atoms with Crippen molar-refractivity contribution in [2.45, 2.75) is 25.8 Å². The molecule has 6 nitrogen and oxygen atoms in total. The largest absolute Gasteiger partial charge is 0.459 e. The zero-order valence-electron chi connectivity index (χ0n) is 10.8. The molecule has 0 saturated carbocycles. The molecule has 0 radical (unpaired) electrons. The van der Waals surface area contributed by atoms with E-state index in [1.165, 1.54) is 6.33 Å². The standard InChI is InChI=1S/C13H16N4O2/c1-10-4-6-19-12(10)13(18)16-5-2-3-11(7-16)17-9-14-8-15-17/h4,6,8-9,11H,2-3,5,7H2,1H3. The van der Waals surface area contributed by atoms with Crippen molar-refractivity contribution in [3.8, 4) is 0 Å². The molecule has 1 atom stereocenters. The van der Waals surface area contributed by atoms with Crippen molar-refractivity contribution < 1.29 is 9.21 Å². The minimum atomic E-state index is -0.0349. The van der Waals surface area contributed by atoms with E-state index < -0.39 is 0 Å². The number of aromatic nitrogens is 3. The third kappa shape index (κ3) is 2.25. The molecule has 1 fully saturated rings. The molecule has 0 bridgehead atoms. The summed E-state index contributed by atoms with van der Waals surface area (Å²) in [4.78, 5) is 18.2. The molecule has 0 aromatic carbocycles. The maximum atomic E-state index is 12.4. The van der Waals surface area contributed by atoms with Gasteiger partial charge in [0.05, 0.1) is 12.3 Å². The predicted octanol–water partition coefficient (Wildman–Crippen LogP) is 1.66. The zero-order chi connectivity index (χ0) is 13.2. The van der Waals surface area contributed by atoms with Crippen molar-refractivity contribution in [1.82, 2.24) is 19.7 Å². The van der Waals surface area contributed by atoms with Gasteiger partial charge in [0.2, 0.25) is 0 Å². The molecule has 6 heteroatoms. The van der Waals surface area contributed by atoms with Crippen LogP contribution in [0.4, 0.5) is 0 Å². The van der Waals surface area contributed by atoms with Gasteiger partial charge in [-0.15, -0.1) is 0 Å². The van der Waals surface area contributed by atoms with Gasteiger partial charge in [-0.2, -0.15) is 5.10 Å². The fourth-order valence-corrected chi connectivity index (χ4v) is 2.50. The summed E-state index contributed by atoms with van der Waals surface area (Å²) in [5.41, 5.74) is 0.882. The molecular formula is C13H16N4O2. The van der Waals surface area contributed by atoms with E-state index in [9.17, 15) is 4.79 Å². The van der Waals surface area contributed by atoms with E-state index in [2.05, 4.69) is 10.1 Å². The zero-order valence-corrected chi connectivity index (χ0v) is 10.8. The molecule has 2 aromatic rings. The van der Waals surface area contributed by atoms with Gasteiger partial charge in [0.1, 0.15) is 12.7 Å². The Balaban J connectivity index is 1.75. The van der Waals surface area contributed by atoms with Crippen LogP contribution in [0.25, 0.3) is 0 Å². The number of aryl methyl sites for hydroxylation is 1. The third-order valence-electron chi connectivity index (χ3n) is 3.55. The number of rotatable bonds is 2. The second kappa shape index (κ2) is 4.87. The summed E-state index contributed by atoms with van der Waals surface area (Å²) in [5.74, 6) is 0.409. The molecule has 100 valence electrons. The second-order valence-corrected chi connectivity index (χ2v) is 4.86. The maximum Gasteiger partial charge on any atom is 0.289 e. The Bertz CT molecular complexity index is 561. The second-order valence-electron chi connectivity index (χ2n) is 4.86. The molecule has 0 spiro atoms. The molecule has 3 heterocycles. The number of hydrogen-bond donors (Lipinski definition) is 0. The summed E-state index contributed by atoms with van der Waals surface area (Å²) in [5, 5.41) is 4.16. The Kier molecular flexibility index (Phi) is 3.06. The van der Waals surface area contributed by atoms with Gasteiger partial charge in [0, 0.05) is 18.7 Å². The van der Waals surface area contributed by atoms with Gasteiger partial charge in [-0.3, -0.25) is 4.79 Å². The van der Waals surface area contributed by atoms with Gasteiger partial charge in [-0.1, -0.05) is 0 Å². The van der Waals surface area contributed by atoms with E-state index >= 15 is 0 Å². The van der Waals surface area contributed by atoms with E-state index in [1.807, 2.05) is 22.6 Å². The average Bonchev–Trinajstić information content (AvgIpc) is 3.09. The predicted molar refractivity (Wildman–Crippen MR) is 67.6 cm³/mol.